The Kier molecular flexibility index (Phi) is 2.33. The van der Waals surface area contributed by atoms with Crippen molar-refractivity contribution < 1.29 is 4.74 Å². The van der Waals surface area contributed by atoms with Crippen LogP contribution in [0.25, 0.3) is 0 Å². The van der Waals surface area contributed by atoms with Gasteiger partial charge in [-0.25, -0.2) is 4.98 Å². The van der Waals surface area contributed by atoms with E-state index in [1.807, 2.05) is 13.4 Å². The summed E-state index contributed by atoms with van der Waals surface area (Å²) in [5, 5.41) is 3.42. The molecule has 0 aromatic carbocycles. The Hall–Kier alpha value is -0.870. The molecule has 1 N–H and O–H groups in total. The first kappa shape index (κ1) is 8.72. The lowest BCUT2D eigenvalue weighted by Gasteiger charge is -2.24. The van der Waals surface area contributed by atoms with Crippen molar-refractivity contribution in [1.29, 1.82) is 0 Å². The largest absolute Gasteiger partial charge is 0.383 e. The molecule has 1 aromatic rings. The van der Waals surface area contributed by atoms with E-state index in [0.29, 0.717) is 12.6 Å². The standard InChI is InChI=1S/C9H15N3O/c1-12-6-11-7-3-4-10-8(5-13-2)9(7)12/h6,8,10H,3-5H2,1-2H3. The Labute approximate surface area is 77.9 Å². The maximum Gasteiger partial charge on any atom is 0.0949 e. The summed E-state index contributed by atoms with van der Waals surface area (Å²) in [5.41, 5.74) is 2.48. The number of nitrogens with zero attached hydrogens (tertiary/aromatic N) is 2. The van der Waals surface area contributed by atoms with Gasteiger partial charge in [-0.1, -0.05) is 0 Å². The van der Waals surface area contributed by atoms with Crippen LogP contribution in [-0.4, -0.2) is 29.8 Å². The minimum absolute atomic E-state index is 0.307. The second-order valence-corrected chi connectivity index (χ2v) is 3.40. The molecule has 0 fully saturated rings. The monoisotopic (exact) mass is 181 g/mol. The minimum Gasteiger partial charge on any atom is -0.383 e. The number of fused-ring (bicyclic) bond motifs is 1. The zero-order chi connectivity index (χ0) is 9.26. The van der Waals surface area contributed by atoms with Gasteiger partial charge in [0.15, 0.2) is 0 Å². The number of hydrogen-bond donors (Lipinski definition) is 1. The molecule has 1 aromatic heterocycles. The SMILES string of the molecule is COCC1NCCc2ncn(C)c21. The third-order valence-corrected chi connectivity index (χ3v) is 2.48. The second kappa shape index (κ2) is 3.47. The fourth-order valence-electron chi connectivity index (χ4n) is 1.89. The summed E-state index contributed by atoms with van der Waals surface area (Å²) in [6.07, 6.45) is 2.90. The van der Waals surface area contributed by atoms with Crippen molar-refractivity contribution in [1.82, 2.24) is 14.9 Å². The average Bonchev–Trinajstić information content (AvgIpc) is 2.50. The maximum absolute atomic E-state index is 5.16. The van der Waals surface area contributed by atoms with Crippen LogP contribution in [0.15, 0.2) is 6.33 Å². The van der Waals surface area contributed by atoms with Crippen LogP contribution in [0.1, 0.15) is 17.4 Å². The Morgan fingerprint density at radius 2 is 2.62 bits per heavy atom. The van der Waals surface area contributed by atoms with E-state index < -0.39 is 0 Å². The Morgan fingerprint density at radius 3 is 3.38 bits per heavy atom. The van der Waals surface area contributed by atoms with Gasteiger partial charge in [-0.15, -0.1) is 0 Å². The highest BCUT2D eigenvalue weighted by molar-refractivity contribution is 5.20. The first-order chi connectivity index (χ1) is 6.33. The van der Waals surface area contributed by atoms with Crippen LogP contribution in [0.2, 0.25) is 0 Å². The minimum atomic E-state index is 0.307. The van der Waals surface area contributed by atoms with Crippen molar-refractivity contribution >= 4 is 0 Å². The molecule has 0 radical (unpaired) electrons. The van der Waals surface area contributed by atoms with E-state index >= 15 is 0 Å². The molecular formula is C9H15N3O. The van der Waals surface area contributed by atoms with Gasteiger partial charge >= 0.3 is 0 Å². The normalized spacial score (nSPS) is 21.5. The van der Waals surface area contributed by atoms with E-state index in [4.69, 9.17) is 4.74 Å². The Morgan fingerprint density at radius 1 is 1.77 bits per heavy atom. The predicted octanol–water partition coefficient (Wildman–Crippen LogP) is 0.253. The van der Waals surface area contributed by atoms with E-state index in [1.54, 1.807) is 7.11 Å². The molecule has 13 heavy (non-hydrogen) atoms. The highest BCUT2D eigenvalue weighted by atomic mass is 16.5. The number of imidazole rings is 1. The summed E-state index contributed by atoms with van der Waals surface area (Å²) in [4.78, 5) is 4.36. The first-order valence-electron chi connectivity index (χ1n) is 4.55. The molecule has 2 heterocycles. The average molecular weight is 181 g/mol. The van der Waals surface area contributed by atoms with Crippen LogP contribution in [0.4, 0.5) is 0 Å². The van der Waals surface area contributed by atoms with Gasteiger partial charge in [-0.2, -0.15) is 0 Å². The molecule has 1 unspecified atom stereocenters. The quantitative estimate of drug-likeness (QED) is 0.711. The van der Waals surface area contributed by atoms with Gasteiger partial charge in [-0.05, 0) is 0 Å². The summed E-state index contributed by atoms with van der Waals surface area (Å²) < 4.78 is 7.23. The van der Waals surface area contributed by atoms with Crippen molar-refractivity contribution in [2.45, 2.75) is 12.5 Å². The lowest BCUT2D eigenvalue weighted by Crippen LogP contribution is -2.33. The fourth-order valence-corrected chi connectivity index (χ4v) is 1.89. The van der Waals surface area contributed by atoms with Crippen molar-refractivity contribution in [3.63, 3.8) is 0 Å². The summed E-state index contributed by atoms with van der Waals surface area (Å²) in [5.74, 6) is 0. The third kappa shape index (κ3) is 1.47. The third-order valence-electron chi connectivity index (χ3n) is 2.48. The van der Waals surface area contributed by atoms with Gasteiger partial charge < -0.3 is 14.6 Å². The molecule has 0 saturated carbocycles. The fraction of sp³-hybridized carbons (Fsp3) is 0.667. The topological polar surface area (TPSA) is 39.1 Å². The number of ether oxygens (including phenoxy) is 1. The molecule has 0 amide bonds. The van der Waals surface area contributed by atoms with Crippen LogP contribution in [-0.2, 0) is 18.2 Å². The molecular weight excluding hydrogens is 166 g/mol. The highest BCUT2D eigenvalue weighted by Gasteiger charge is 2.23. The van der Waals surface area contributed by atoms with Crippen LogP contribution in [0, 0.1) is 0 Å². The smallest absolute Gasteiger partial charge is 0.0949 e. The molecule has 1 aliphatic rings. The summed E-state index contributed by atoms with van der Waals surface area (Å²) >= 11 is 0. The van der Waals surface area contributed by atoms with Crippen LogP contribution in [0.3, 0.4) is 0 Å². The van der Waals surface area contributed by atoms with Gasteiger partial charge in [0.25, 0.3) is 0 Å². The second-order valence-electron chi connectivity index (χ2n) is 3.40. The van der Waals surface area contributed by atoms with Gasteiger partial charge in [0.2, 0.25) is 0 Å². The molecule has 0 spiro atoms. The molecule has 4 heteroatoms. The number of aryl methyl sites for hydroxylation is 1. The lowest BCUT2D eigenvalue weighted by molar-refractivity contribution is 0.161. The molecule has 2 rings (SSSR count). The van der Waals surface area contributed by atoms with Crippen molar-refractivity contribution in [2.75, 3.05) is 20.3 Å². The van der Waals surface area contributed by atoms with Gasteiger partial charge in [-0.3, -0.25) is 0 Å². The molecule has 1 atom stereocenters. The molecule has 0 aliphatic carbocycles. The lowest BCUT2D eigenvalue weighted by atomic mass is 10.1. The number of rotatable bonds is 2. The zero-order valence-electron chi connectivity index (χ0n) is 8.08. The van der Waals surface area contributed by atoms with Crippen LogP contribution < -0.4 is 5.32 Å². The summed E-state index contributed by atoms with van der Waals surface area (Å²) in [7, 11) is 3.76. The van der Waals surface area contributed by atoms with Crippen molar-refractivity contribution in [3.8, 4) is 0 Å². The van der Waals surface area contributed by atoms with Gasteiger partial charge in [0.05, 0.1) is 30.4 Å². The first-order valence-corrected chi connectivity index (χ1v) is 4.55. The molecule has 72 valence electrons. The zero-order valence-corrected chi connectivity index (χ0v) is 8.08. The Balaban J connectivity index is 2.29. The molecule has 1 aliphatic heterocycles. The van der Waals surface area contributed by atoms with Crippen molar-refractivity contribution in [2.24, 2.45) is 7.05 Å². The highest BCUT2D eigenvalue weighted by Crippen LogP contribution is 2.20. The van der Waals surface area contributed by atoms with E-state index in [2.05, 4.69) is 14.9 Å². The number of nitrogens with one attached hydrogen (secondary N) is 1. The van der Waals surface area contributed by atoms with E-state index in [-0.39, 0.29) is 0 Å². The summed E-state index contributed by atoms with van der Waals surface area (Å²) in [6.45, 7) is 1.71. The van der Waals surface area contributed by atoms with Crippen LogP contribution in [0.5, 0.6) is 0 Å². The van der Waals surface area contributed by atoms with E-state index in [9.17, 15) is 0 Å². The molecule has 0 saturated heterocycles. The Bertz CT molecular complexity index is 295. The van der Waals surface area contributed by atoms with Crippen molar-refractivity contribution in [3.05, 3.63) is 17.7 Å². The van der Waals surface area contributed by atoms with Gasteiger partial charge in [0, 0.05) is 27.1 Å². The predicted molar refractivity (Wildman–Crippen MR) is 49.5 cm³/mol. The van der Waals surface area contributed by atoms with E-state index in [0.717, 1.165) is 13.0 Å². The number of aromatic nitrogens is 2. The number of hydrogen-bond acceptors (Lipinski definition) is 3. The van der Waals surface area contributed by atoms with E-state index in [1.165, 1.54) is 11.4 Å². The van der Waals surface area contributed by atoms with Crippen LogP contribution >= 0.6 is 0 Å². The van der Waals surface area contributed by atoms with Gasteiger partial charge in [0.1, 0.15) is 0 Å². The maximum atomic E-state index is 5.16. The molecule has 0 bridgehead atoms. The molecule has 4 nitrogen and oxygen atoms in total. The summed E-state index contributed by atoms with van der Waals surface area (Å²) in [6, 6.07) is 0.307. The number of methoxy groups -OCH3 is 1.